The molecule has 0 bridgehead atoms. The molecule has 0 radical (unpaired) electrons. The van der Waals surface area contributed by atoms with Crippen molar-refractivity contribution in [1.82, 2.24) is 4.98 Å². The molecule has 1 aliphatic rings. The lowest BCUT2D eigenvalue weighted by Crippen LogP contribution is -2.10. The lowest BCUT2D eigenvalue weighted by atomic mass is 9.95. The lowest BCUT2D eigenvalue weighted by Gasteiger charge is -2.18. The van der Waals surface area contributed by atoms with Crippen LogP contribution in [0, 0.1) is 11.3 Å². The van der Waals surface area contributed by atoms with Crippen LogP contribution in [0.15, 0.2) is 72.9 Å². The summed E-state index contributed by atoms with van der Waals surface area (Å²) in [6.07, 6.45) is 3.85. The van der Waals surface area contributed by atoms with E-state index in [-0.39, 0.29) is 0 Å². The van der Waals surface area contributed by atoms with E-state index in [2.05, 4.69) is 18.0 Å². The highest BCUT2D eigenvalue weighted by molar-refractivity contribution is 5.94. The van der Waals surface area contributed by atoms with Crippen molar-refractivity contribution in [3.05, 3.63) is 89.6 Å². The van der Waals surface area contributed by atoms with Gasteiger partial charge in [-0.1, -0.05) is 30.8 Å². The van der Waals surface area contributed by atoms with Gasteiger partial charge in [0.05, 0.1) is 17.3 Å². The third-order valence-corrected chi connectivity index (χ3v) is 4.54. The lowest BCUT2D eigenvalue weighted by molar-refractivity contribution is 0.100. The van der Waals surface area contributed by atoms with Crippen LogP contribution >= 0.6 is 0 Å². The highest BCUT2D eigenvalue weighted by Crippen LogP contribution is 2.36. The van der Waals surface area contributed by atoms with Gasteiger partial charge in [-0.3, -0.25) is 4.79 Å². The van der Waals surface area contributed by atoms with Crippen molar-refractivity contribution in [3.63, 3.8) is 0 Å². The van der Waals surface area contributed by atoms with Gasteiger partial charge in [0.1, 0.15) is 5.82 Å². The maximum Gasteiger partial charge on any atom is 0.248 e. The summed E-state index contributed by atoms with van der Waals surface area (Å²) in [5.41, 5.74) is 11.4. The number of nitrogens with one attached hydrogen (secondary N) is 1. The Morgan fingerprint density at radius 2 is 1.86 bits per heavy atom. The molecule has 4 rings (SSSR count). The smallest absolute Gasteiger partial charge is 0.248 e. The second-order valence-electron chi connectivity index (χ2n) is 6.44. The van der Waals surface area contributed by atoms with Crippen molar-refractivity contribution in [2.24, 2.45) is 5.73 Å². The Bertz CT molecular complexity index is 1180. The number of rotatable bonds is 3. The number of amides is 1. The van der Waals surface area contributed by atoms with Gasteiger partial charge in [-0.2, -0.15) is 5.26 Å². The van der Waals surface area contributed by atoms with Crippen LogP contribution in [0.2, 0.25) is 0 Å². The van der Waals surface area contributed by atoms with E-state index in [4.69, 9.17) is 10.7 Å². The minimum atomic E-state index is -0.470. The fourth-order valence-corrected chi connectivity index (χ4v) is 3.13. The predicted octanol–water partition coefficient (Wildman–Crippen LogP) is 4.34. The topological polar surface area (TPSA) is 91.8 Å². The number of nitrogens with zero attached hydrogens (tertiary/aromatic N) is 2. The summed E-state index contributed by atoms with van der Waals surface area (Å²) in [5, 5.41) is 12.4. The van der Waals surface area contributed by atoms with Crippen molar-refractivity contribution in [1.29, 1.82) is 5.26 Å². The standard InChI is InChI=1S/C23H16N4O/c1-14-5-6-19-12-20(16-7-9-17(10-8-16)22(25)28)21(27-23(19)26-14)18-4-2-3-15(11-18)13-24/h2-12H,1H2,(H2,25,28)(H,26,27). The summed E-state index contributed by atoms with van der Waals surface area (Å²) in [6, 6.07) is 18.6. The maximum atomic E-state index is 11.4. The van der Waals surface area contributed by atoms with Gasteiger partial charge in [0, 0.05) is 28.0 Å². The van der Waals surface area contributed by atoms with E-state index < -0.39 is 5.91 Å². The first kappa shape index (κ1) is 17.3. The van der Waals surface area contributed by atoms with Crippen molar-refractivity contribution >= 4 is 17.8 Å². The van der Waals surface area contributed by atoms with Crippen LogP contribution in [0.25, 0.3) is 28.5 Å². The minimum Gasteiger partial charge on any atom is -0.366 e. The summed E-state index contributed by atoms with van der Waals surface area (Å²) in [7, 11) is 0. The molecule has 2 aromatic carbocycles. The molecule has 0 saturated heterocycles. The molecule has 1 amide bonds. The van der Waals surface area contributed by atoms with Crippen LogP contribution in [0.5, 0.6) is 0 Å². The highest BCUT2D eigenvalue weighted by Gasteiger charge is 2.16. The van der Waals surface area contributed by atoms with Gasteiger partial charge in [0.15, 0.2) is 0 Å². The number of allylic oxidation sites excluding steroid dienone is 1. The number of aromatic nitrogens is 1. The van der Waals surface area contributed by atoms with Crippen LogP contribution in [0.1, 0.15) is 21.5 Å². The molecule has 1 aliphatic heterocycles. The van der Waals surface area contributed by atoms with Gasteiger partial charge >= 0.3 is 0 Å². The molecule has 2 heterocycles. The SMILES string of the molecule is C=C1C=Cc2cc(-c3ccc(C(N)=O)cc3)c(-c3cccc(C#N)c3)nc2N1. The number of nitrogens with two attached hydrogens (primary N) is 1. The van der Waals surface area contributed by atoms with E-state index in [1.54, 1.807) is 18.2 Å². The normalized spacial score (nSPS) is 12.0. The number of primary amides is 1. The fourth-order valence-electron chi connectivity index (χ4n) is 3.13. The van der Waals surface area contributed by atoms with E-state index in [1.165, 1.54) is 0 Å². The zero-order chi connectivity index (χ0) is 19.7. The molecule has 3 aromatic rings. The van der Waals surface area contributed by atoms with Crippen LogP contribution in [0.4, 0.5) is 5.82 Å². The Morgan fingerprint density at radius 1 is 1.07 bits per heavy atom. The molecule has 3 N–H and O–H groups in total. The molecule has 0 spiro atoms. The monoisotopic (exact) mass is 364 g/mol. The number of nitriles is 1. The molecular formula is C23H16N4O. The molecule has 0 atom stereocenters. The fraction of sp³-hybridized carbons (Fsp3) is 0. The molecule has 1 aromatic heterocycles. The van der Waals surface area contributed by atoms with E-state index in [0.29, 0.717) is 16.9 Å². The number of hydrogen-bond acceptors (Lipinski definition) is 4. The number of benzene rings is 2. The quantitative estimate of drug-likeness (QED) is 0.723. The van der Waals surface area contributed by atoms with Gasteiger partial charge in [0.25, 0.3) is 0 Å². The van der Waals surface area contributed by atoms with Crippen LogP contribution in [-0.4, -0.2) is 10.9 Å². The summed E-state index contributed by atoms with van der Waals surface area (Å²) in [5.74, 6) is 0.241. The molecular weight excluding hydrogens is 348 g/mol. The molecule has 28 heavy (non-hydrogen) atoms. The largest absolute Gasteiger partial charge is 0.366 e. The second kappa shape index (κ2) is 6.86. The van der Waals surface area contributed by atoms with E-state index >= 15 is 0 Å². The first-order chi connectivity index (χ1) is 13.5. The van der Waals surface area contributed by atoms with Gasteiger partial charge in [-0.25, -0.2) is 4.98 Å². The number of hydrogen-bond donors (Lipinski definition) is 2. The Labute approximate surface area is 162 Å². The molecule has 0 saturated carbocycles. The van der Waals surface area contributed by atoms with Gasteiger partial charge in [0.2, 0.25) is 5.91 Å². The van der Waals surface area contributed by atoms with Crippen molar-refractivity contribution < 1.29 is 4.79 Å². The average Bonchev–Trinajstić information content (AvgIpc) is 2.73. The summed E-state index contributed by atoms with van der Waals surface area (Å²) >= 11 is 0. The molecule has 134 valence electrons. The zero-order valence-electron chi connectivity index (χ0n) is 14.9. The molecule has 5 nitrogen and oxygen atoms in total. The van der Waals surface area contributed by atoms with Crippen molar-refractivity contribution in [2.75, 3.05) is 5.32 Å². The second-order valence-corrected chi connectivity index (χ2v) is 6.44. The Morgan fingerprint density at radius 3 is 2.57 bits per heavy atom. The third kappa shape index (κ3) is 3.15. The maximum absolute atomic E-state index is 11.4. The van der Waals surface area contributed by atoms with Gasteiger partial charge < -0.3 is 11.1 Å². The Kier molecular flexibility index (Phi) is 4.23. The number of pyridine rings is 1. The predicted molar refractivity (Wildman–Crippen MR) is 110 cm³/mol. The van der Waals surface area contributed by atoms with Crippen molar-refractivity contribution in [2.45, 2.75) is 0 Å². The first-order valence-electron chi connectivity index (χ1n) is 8.65. The molecule has 0 aliphatic carbocycles. The average molecular weight is 364 g/mol. The Hall–Kier alpha value is -4.17. The van der Waals surface area contributed by atoms with Crippen LogP contribution in [0.3, 0.4) is 0 Å². The van der Waals surface area contributed by atoms with Crippen LogP contribution in [-0.2, 0) is 0 Å². The van der Waals surface area contributed by atoms with E-state index in [0.717, 1.165) is 33.6 Å². The highest BCUT2D eigenvalue weighted by atomic mass is 16.1. The summed E-state index contributed by atoms with van der Waals surface area (Å²) in [6.45, 7) is 3.92. The number of carbonyl (C=O) groups excluding carboxylic acids is 1. The van der Waals surface area contributed by atoms with Crippen molar-refractivity contribution in [3.8, 4) is 28.5 Å². The molecule has 0 fully saturated rings. The minimum absolute atomic E-state index is 0.445. The summed E-state index contributed by atoms with van der Waals surface area (Å²) in [4.78, 5) is 16.2. The van der Waals surface area contributed by atoms with Crippen LogP contribution < -0.4 is 11.1 Å². The summed E-state index contributed by atoms with van der Waals surface area (Å²) < 4.78 is 0. The number of carbonyl (C=O) groups is 1. The zero-order valence-corrected chi connectivity index (χ0v) is 14.9. The number of anilines is 1. The number of fused-ring (bicyclic) bond motifs is 1. The van der Waals surface area contributed by atoms with Gasteiger partial charge in [-0.05, 0) is 48.0 Å². The van der Waals surface area contributed by atoms with E-state index in [1.807, 2.05) is 48.6 Å². The third-order valence-electron chi connectivity index (χ3n) is 4.54. The molecule has 0 unspecified atom stereocenters. The first-order valence-corrected chi connectivity index (χ1v) is 8.65. The molecule has 5 heteroatoms. The van der Waals surface area contributed by atoms with Gasteiger partial charge in [-0.15, -0.1) is 0 Å². The Balaban J connectivity index is 1.93. The van der Waals surface area contributed by atoms with E-state index in [9.17, 15) is 10.1 Å².